The van der Waals surface area contributed by atoms with Gasteiger partial charge in [-0.1, -0.05) is 40.5 Å². The van der Waals surface area contributed by atoms with Gasteiger partial charge in [0, 0.05) is 18.0 Å². The van der Waals surface area contributed by atoms with Gasteiger partial charge in [0.1, 0.15) is 6.04 Å². The molecule has 0 spiro atoms. The van der Waals surface area contributed by atoms with E-state index in [1.807, 2.05) is 20.8 Å². The minimum Gasteiger partial charge on any atom is -0.350 e. The summed E-state index contributed by atoms with van der Waals surface area (Å²) in [6.45, 7) is 9.66. The number of hydrogen-bond donors (Lipinski definition) is 3. The molecular formula is C14H30ClN3O2. The van der Waals surface area contributed by atoms with E-state index < -0.39 is 11.5 Å². The van der Waals surface area contributed by atoms with E-state index in [0.717, 1.165) is 19.3 Å². The second-order valence-corrected chi connectivity index (χ2v) is 6.03. The molecule has 6 heteroatoms. The molecule has 0 radical (unpaired) electrons. The van der Waals surface area contributed by atoms with Crippen molar-refractivity contribution in [2.45, 2.75) is 66.0 Å². The van der Waals surface area contributed by atoms with Crippen molar-refractivity contribution in [2.75, 3.05) is 6.54 Å². The molecule has 120 valence electrons. The zero-order valence-corrected chi connectivity index (χ0v) is 14.1. The monoisotopic (exact) mass is 307 g/mol. The van der Waals surface area contributed by atoms with E-state index >= 15 is 0 Å². The van der Waals surface area contributed by atoms with Crippen LogP contribution in [0.3, 0.4) is 0 Å². The van der Waals surface area contributed by atoms with Gasteiger partial charge in [-0.15, -0.1) is 12.4 Å². The van der Waals surface area contributed by atoms with Crippen LogP contribution in [0.5, 0.6) is 0 Å². The van der Waals surface area contributed by atoms with Crippen molar-refractivity contribution < 1.29 is 9.59 Å². The lowest BCUT2D eigenvalue weighted by atomic mass is 9.95. The highest BCUT2D eigenvalue weighted by molar-refractivity contribution is 5.89. The Morgan fingerprint density at radius 2 is 1.75 bits per heavy atom. The van der Waals surface area contributed by atoms with Crippen molar-refractivity contribution in [2.24, 2.45) is 11.1 Å². The number of halogens is 1. The van der Waals surface area contributed by atoms with Crippen LogP contribution in [0.15, 0.2) is 0 Å². The second-order valence-electron chi connectivity index (χ2n) is 6.03. The topological polar surface area (TPSA) is 84.2 Å². The highest BCUT2D eigenvalue weighted by atomic mass is 35.5. The summed E-state index contributed by atoms with van der Waals surface area (Å²) in [5.74, 6) is -0.308. The third kappa shape index (κ3) is 8.38. The lowest BCUT2D eigenvalue weighted by Gasteiger charge is -2.23. The molecule has 0 fully saturated rings. The average molecular weight is 308 g/mol. The molecule has 0 aliphatic rings. The van der Waals surface area contributed by atoms with Gasteiger partial charge in [-0.2, -0.15) is 0 Å². The Labute approximate surface area is 128 Å². The van der Waals surface area contributed by atoms with Crippen molar-refractivity contribution in [3.8, 4) is 0 Å². The number of carbonyl (C=O) groups is 2. The van der Waals surface area contributed by atoms with Crippen molar-refractivity contribution in [3.05, 3.63) is 0 Å². The van der Waals surface area contributed by atoms with E-state index in [0.29, 0.717) is 6.54 Å². The van der Waals surface area contributed by atoms with Gasteiger partial charge in [0.05, 0.1) is 0 Å². The molecule has 0 aliphatic heterocycles. The number of nitrogens with one attached hydrogen (secondary N) is 2. The van der Waals surface area contributed by atoms with Gasteiger partial charge in [-0.3, -0.25) is 9.59 Å². The Morgan fingerprint density at radius 1 is 1.20 bits per heavy atom. The van der Waals surface area contributed by atoms with E-state index in [4.69, 9.17) is 5.73 Å². The molecule has 0 aliphatic carbocycles. The summed E-state index contributed by atoms with van der Waals surface area (Å²) in [6.07, 6.45) is 2.98. The van der Waals surface area contributed by atoms with Crippen LogP contribution in [0.25, 0.3) is 0 Å². The molecule has 0 aromatic heterocycles. The number of hydrogen-bond acceptors (Lipinski definition) is 3. The maximum Gasteiger partial charge on any atom is 0.242 e. The zero-order valence-electron chi connectivity index (χ0n) is 13.3. The van der Waals surface area contributed by atoms with Crippen LogP contribution in [0, 0.1) is 5.41 Å². The molecule has 0 rings (SSSR count). The zero-order chi connectivity index (χ0) is 15.1. The van der Waals surface area contributed by atoms with E-state index in [-0.39, 0.29) is 30.3 Å². The number of carbonyl (C=O) groups excluding carboxylic acids is 2. The van der Waals surface area contributed by atoms with E-state index in [1.165, 1.54) is 0 Å². The number of amides is 2. The molecule has 2 unspecified atom stereocenters. The fourth-order valence-corrected chi connectivity index (χ4v) is 1.50. The van der Waals surface area contributed by atoms with Gasteiger partial charge in [0.2, 0.25) is 11.8 Å². The van der Waals surface area contributed by atoms with Crippen molar-refractivity contribution in [1.82, 2.24) is 10.6 Å². The van der Waals surface area contributed by atoms with Crippen LogP contribution in [0.4, 0.5) is 0 Å². The quantitative estimate of drug-likeness (QED) is 0.668. The second kappa shape index (κ2) is 10.00. The molecule has 0 heterocycles. The molecule has 0 saturated heterocycles. The molecule has 5 nitrogen and oxygen atoms in total. The van der Waals surface area contributed by atoms with Gasteiger partial charge in [0.15, 0.2) is 0 Å². The van der Waals surface area contributed by atoms with Crippen LogP contribution in [0.2, 0.25) is 0 Å². The molecule has 0 aromatic rings. The van der Waals surface area contributed by atoms with E-state index in [2.05, 4.69) is 17.6 Å². The first-order valence-corrected chi connectivity index (χ1v) is 7.03. The first-order chi connectivity index (χ1) is 8.72. The van der Waals surface area contributed by atoms with Crippen LogP contribution < -0.4 is 16.4 Å². The number of nitrogens with two attached hydrogens (primary N) is 1. The minimum atomic E-state index is -0.539. The van der Waals surface area contributed by atoms with Crippen molar-refractivity contribution >= 4 is 24.2 Å². The van der Waals surface area contributed by atoms with E-state index in [9.17, 15) is 9.59 Å². The first-order valence-electron chi connectivity index (χ1n) is 7.03. The maximum atomic E-state index is 12.0. The highest BCUT2D eigenvalue weighted by Crippen LogP contribution is 2.12. The SMILES string of the molecule is CCCCC(CN)NC(=O)C(C)NC(=O)C(C)(C)C.Cl. The fourth-order valence-electron chi connectivity index (χ4n) is 1.50. The van der Waals surface area contributed by atoms with Crippen LogP contribution in [0.1, 0.15) is 53.9 Å². The average Bonchev–Trinajstić information content (AvgIpc) is 2.32. The summed E-state index contributed by atoms with van der Waals surface area (Å²) in [6, 6.07) is -0.552. The van der Waals surface area contributed by atoms with Crippen molar-refractivity contribution in [3.63, 3.8) is 0 Å². The summed E-state index contributed by atoms with van der Waals surface area (Å²) >= 11 is 0. The lowest BCUT2D eigenvalue weighted by molar-refractivity contribution is -0.133. The van der Waals surface area contributed by atoms with Crippen LogP contribution in [-0.2, 0) is 9.59 Å². The highest BCUT2D eigenvalue weighted by Gasteiger charge is 2.25. The molecule has 4 N–H and O–H groups in total. The Bertz CT molecular complexity index is 303. The van der Waals surface area contributed by atoms with Gasteiger partial charge >= 0.3 is 0 Å². The van der Waals surface area contributed by atoms with Crippen LogP contribution in [-0.4, -0.2) is 30.4 Å². The molecule has 20 heavy (non-hydrogen) atoms. The Hall–Kier alpha value is -0.810. The summed E-state index contributed by atoms with van der Waals surface area (Å²) in [4.78, 5) is 23.7. The van der Waals surface area contributed by atoms with Crippen LogP contribution >= 0.6 is 12.4 Å². The van der Waals surface area contributed by atoms with Crippen molar-refractivity contribution in [1.29, 1.82) is 0 Å². The molecule has 0 bridgehead atoms. The molecule has 2 atom stereocenters. The summed E-state index contributed by atoms with van der Waals surface area (Å²) in [7, 11) is 0. The summed E-state index contributed by atoms with van der Waals surface area (Å²) < 4.78 is 0. The Balaban J connectivity index is 0. The molecular weight excluding hydrogens is 278 g/mol. The number of rotatable bonds is 7. The third-order valence-corrected chi connectivity index (χ3v) is 2.96. The fraction of sp³-hybridized carbons (Fsp3) is 0.857. The summed E-state index contributed by atoms with van der Waals surface area (Å²) in [5.41, 5.74) is 5.13. The predicted octanol–water partition coefficient (Wildman–Crippen LogP) is 1.59. The van der Waals surface area contributed by atoms with E-state index in [1.54, 1.807) is 6.92 Å². The maximum absolute atomic E-state index is 12.0. The van der Waals surface area contributed by atoms with Gasteiger partial charge < -0.3 is 16.4 Å². The Kier molecular flexibility index (Phi) is 10.7. The smallest absolute Gasteiger partial charge is 0.242 e. The molecule has 2 amide bonds. The minimum absolute atomic E-state index is 0. The number of unbranched alkanes of at least 4 members (excludes halogenated alkanes) is 1. The summed E-state index contributed by atoms with van der Waals surface area (Å²) in [5, 5.41) is 5.59. The largest absolute Gasteiger partial charge is 0.350 e. The first kappa shape index (κ1) is 21.5. The predicted molar refractivity (Wildman–Crippen MR) is 84.8 cm³/mol. The van der Waals surface area contributed by atoms with Gasteiger partial charge in [-0.25, -0.2) is 0 Å². The third-order valence-electron chi connectivity index (χ3n) is 2.96. The molecule has 0 saturated carbocycles. The van der Waals surface area contributed by atoms with Gasteiger partial charge in [0.25, 0.3) is 0 Å². The standard InChI is InChI=1S/C14H29N3O2.ClH/c1-6-7-8-11(9-15)17-12(18)10(2)16-13(19)14(3,4)5;/h10-11H,6-9,15H2,1-5H3,(H,16,19)(H,17,18);1H. The normalized spacial score (nSPS) is 13.9. The Morgan fingerprint density at radius 3 is 2.15 bits per heavy atom. The van der Waals surface area contributed by atoms with Gasteiger partial charge in [-0.05, 0) is 13.3 Å². The molecule has 0 aromatic carbocycles. The lowest BCUT2D eigenvalue weighted by Crippen LogP contribution is -2.51.